The van der Waals surface area contributed by atoms with Crippen LogP contribution in [0.5, 0.6) is 0 Å². The van der Waals surface area contributed by atoms with E-state index < -0.39 is 23.0 Å². The van der Waals surface area contributed by atoms with Crippen LogP contribution in [-0.2, 0) is 24.8 Å². The minimum atomic E-state index is -0.719. The monoisotopic (exact) mass is 275 g/mol. The van der Waals surface area contributed by atoms with Crippen molar-refractivity contribution >= 4 is 17.7 Å². The quantitative estimate of drug-likeness (QED) is 0.341. The van der Waals surface area contributed by atoms with Crippen LogP contribution in [0, 0.1) is 0 Å². The highest BCUT2D eigenvalue weighted by atomic mass is 32.2. The molecule has 0 aliphatic carbocycles. The molecule has 10 heteroatoms. The van der Waals surface area contributed by atoms with Crippen LogP contribution in [0.3, 0.4) is 0 Å². The number of nitrogens with two attached hydrogens (primary N) is 1. The van der Waals surface area contributed by atoms with Crippen molar-refractivity contribution in [3.63, 3.8) is 0 Å². The Morgan fingerprint density at radius 2 is 1.67 bits per heavy atom. The van der Waals surface area contributed by atoms with Crippen LogP contribution in [0.15, 0.2) is 14.4 Å². The van der Waals surface area contributed by atoms with E-state index in [0.29, 0.717) is 0 Å². The van der Waals surface area contributed by atoms with Gasteiger partial charge in [0.05, 0.1) is 11.6 Å². The fourth-order valence-corrected chi connectivity index (χ4v) is 1.98. The molecule has 1 heterocycles. The Bertz CT molecular complexity index is 588. The molecule has 3 N–H and O–H groups in total. The molecule has 0 saturated heterocycles. The zero-order valence-corrected chi connectivity index (χ0v) is 10.7. The molecule has 0 fully saturated rings. The summed E-state index contributed by atoms with van der Waals surface area (Å²) in [5.74, 6) is 4.44. The molecular formula is C8H13N5O4S. The normalized spacial score (nSPS) is 10.4. The number of carbonyl (C=O) groups excluding carboxylic acids is 1. The number of amides is 1. The third-order valence-corrected chi connectivity index (χ3v) is 3.13. The molecule has 0 aliphatic heterocycles. The van der Waals surface area contributed by atoms with Crippen LogP contribution in [-0.4, -0.2) is 25.4 Å². The van der Waals surface area contributed by atoms with E-state index in [0.717, 1.165) is 25.5 Å². The number of hydrazine groups is 1. The zero-order valence-electron chi connectivity index (χ0n) is 9.87. The molecule has 9 nitrogen and oxygen atoms in total. The lowest BCUT2D eigenvalue weighted by molar-refractivity contribution is -0.118. The lowest BCUT2D eigenvalue weighted by Gasteiger charge is -2.08. The summed E-state index contributed by atoms with van der Waals surface area (Å²) < 4.78 is 2.52. The van der Waals surface area contributed by atoms with Crippen molar-refractivity contribution in [1.29, 1.82) is 0 Å². The van der Waals surface area contributed by atoms with Crippen molar-refractivity contribution in [2.75, 3.05) is 5.75 Å². The van der Waals surface area contributed by atoms with Crippen LogP contribution in [0.4, 0.5) is 0 Å². The highest BCUT2D eigenvalue weighted by Crippen LogP contribution is 1.99. The number of hydrogen-bond donors (Lipinski definition) is 2. The van der Waals surface area contributed by atoms with Gasteiger partial charge in [-0.25, -0.2) is 33.9 Å². The lowest BCUT2D eigenvalue weighted by Crippen LogP contribution is -2.52. The van der Waals surface area contributed by atoms with E-state index in [9.17, 15) is 19.2 Å². The maximum absolute atomic E-state index is 11.7. The summed E-state index contributed by atoms with van der Waals surface area (Å²) >= 11 is 1.03. The SMILES string of the molecule is Cn1c(=O)n(C)c(=O)n(CSCC(=O)NN)c1=O. The second kappa shape index (κ2) is 5.69. The number of nitrogens with zero attached hydrogens (tertiary/aromatic N) is 3. The highest BCUT2D eigenvalue weighted by Gasteiger charge is 2.10. The third kappa shape index (κ3) is 2.71. The largest absolute Gasteiger partial charge is 0.336 e. The fraction of sp³-hybridized carbons (Fsp3) is 0.500. The topological polar surface area (TPSA) is 121 Å². The fourth-order valence-electron chi connectivity index (χ4n) is 1.21. The van der Waals surface area contributed by atoms with Gasteiger partial charge in [0.1, 0.15) is 0 Å². The molecule has 0 aliphatic rings. The second-order valence-corrected chi connectivity index (χ2v) is 4.39. The molecule has 18 heavy (non-hydrogen) atoms. The van der Waals surface area contributed by atoms with E-state index in [1.165, 1.54) is 14.1 Å². The summed E-state index contributed by atoms with van der Waals surface area (Å²) in [4.78, 5) is 45.7. The van der Waals surface area contributed by atoms with Gasteiger partial charge in [0.25, 0.3) is 0 Å². The molecule has 1 aromatic heterocycles. The van der Waals surface area contributed by atoms with Crippen LogP contribution in [0.1, 0.15) is 0 Å². The van der Waals surface area contributed by atoms with E-state index in [1.54, 1.807) is 0 Å². The molecule has 0 saturated carbocycles. The number of thioether (sulfide) groups is 1. The maximum Gasteiger partial charge on any atom is 0.336 e. The molecule has 0 aromatic carbocycles. The predicted octanol–water partition coefficient (Wildman–Crippen LogP) is -3.07. The minimum absolute atomic E-state index is 0.00886. The van der Waals surface area contributed by atoms with Gasteiger partial charge in [0, 0.05) is 14.1 Å². The molecule has 0 bridgehead atoms. The number of carbonyl (C=O) groups is 1. The smallest absolute Gasteiger partial charge is 0.294 e. The van der Waals surface area contributed by atoms with E-state index in [2.05, 4.69) is 0 Å². The van der Waals surface area contributed by atoms with Crippen LogP contribution in [0.25, 0.3) is 0 Å². The first-order chi connectivity index (χ1) is 8.40. The molecule has 0 spiro atoms. The van der Waals surface area contributed by atoms with Crippen molar-refractivity contribution in [3.05, 3.63) is 31.5 Å². The van der Waals surface area contributed by atoms with Crippen LogP contribution >= 0.6 is 11.8 Å². The predicted molar refractivity (Wildman–Crippen MR) is 66.0 cm³/mol. The van der Waals surface area contributed by atoms with Crippen molar-refractivity contribution in [3.8, 4) is 0 Å². The van der Waals surface area contributed by atoms with Gasteiger partial charge in [0.2, 0.25) is 5.91 Å². The van der Waals surface area contributed by atoms with E-state index in [4.69, 9.17) is 5.84 Å². The van der Waals surface area contributed by atoms with Crippen molar-refractivity contribution < 1.29 is 4.79 Å². The molecule has 0 radical (unpaired) electrons. The van der Waals surface area contributed by atoms with Gasteiger partial charge >= 0.3 is 17.1 Å². The van der Waals surface area contributed by atoms with Crippen LogP contribution in [0.2, 0.25) is 0 Å². The van der Waals surface area contributed by atoms with Gasteiger partial charge < -0.3 is 0 Å². The number of hydrogen-bond acceptors (Lipinski definition) is 6. The second-order valence-electron chi connectivity index (χ2n) is 3.44. The van der Waals surface area contributed by atoms with E-state index in [1.807, 2.05) is 5.43 Å². The molecular weight excluding hydrogens is 262 g/mol. The molecule has 0 unspecified atom stereocenters. The molecule has 1 rings (SSSR count). The van der Waals surface area contributed by atoms with E-state index >= 15 is 0 Å². The van der Waals surface area contributed by atoms with Crippen LogP contribution < -0.4 is 28.3 Å². The third-order valence-electron chi connectivity index (χ3n) is 2.22. The number of aromatic nitrogens is 3. The summed E-state index contributed by atoms with van der Waals surface area (Å²) in [6, 6.07) is 0. The zero-order chi connectivity index (χ0) is 13.9. The molecule has 1 amide bonds. The number of rotatable bonds is 4. The Kier molecular flexibility index (Phi) is 4.50. The first kappa shape index (κ1) is 14.3. The Morgan fingerprint density at radius 3 is 2.11 bits per heavy atom. The standard InChI is InChI=1S/C8H13N5O4S/c1-11-6(15)12(2)8(17)13(7(11)16)4-18-3-5(14)10-9/h3-4,9H2,1-2H3,(H,10,14). The summed E-state index contributed by atoms with van der Waals surface area (Å²) in [6.45, 7) is 0. The van der Waals surface area contributed by atoms with Gasteiger partial charge in [0.15, 0.2) is 0 Å². The summed E-state index contributed by atoms with van der Waals surface area (Å²) in [5.41, 5.74) is -0.200. The van der Waals surface area contributed by atoms with E-state index in [-0.39, 0.29) is 11.6 Å². The molecule has 100 valence electrons. The average molecular weight is 275 g/mol. The lowest BCUT2D eigenvalue weighted by atomic mass is 10.8. The van der Waals surface area contributed by atoms with Crippen molar-refractivity contribution in [1.82, 2.24) is 19.1 Å². The Hall–Kier alpha value is -1.81. The first-order valence-corrected chi connectivity index (χ1v) is 5.99. The van der Waals surface area contributed by atoms with Gasteiger partial charge in [-0.3, -0.25) is 10.2 Å². The summed E-state index contributed by atoms with van der Waals surface area (Å²) in [6.07, 6.45) is 0. The van der Waals surface area contributed by atoms with Gasteiger partial charge in [-0.1, -0.05) is 0 Å². The molecule has 0 atom stereocenters. The summed E-state index contributed by atoms with van der Waals surface area (Å²) in [5, 5.41) is 0. The minimum Gasteiger partial charge on any atom is -0.294 e. The first-order valence-electron chi connectivity index (χ1n) is 4.84. The van der Waals surface area contributed by atoms with Crippen molar-refractivity contribution in [2.45, 2.75) is 5.88 Å². The Balaban J connectivity index is 3.05. The average Bonchev–Trinajstić information content (AvgIpc) is 2.37. The van der Waals surface area contributed by atoms with Gasteiger partial charge in [-0.15, -0.1) is 11.8 Å². The van der Waals surface area contributed by atoms with Gasteiger partial charge in [-0.2, -0.15) is 0 Å². The summed E-state index contributed by atoms with van der Waals surface area (Å²) in [7, 11) is 2.55. The molecule has 1 aromatic rings. The number of nitrogens with one attached hydrogen (secondary N) is 1. The van der Waals surface area contributed by atoms with Gasteiger partial charge in [-0.05, 0) is 0 Å². The Labute approximate surface area is 105 Å². The highest BCUT2D eigenvalue weighted by molar-refractivity contribution is 7.99. The maximum atomic E-state index is 11.7. The Morgan fingerprint density at radius 1 is 1.17 bits per heavy atom. The van der Waals surface area contributed by atoms with Crippen molar-refractivity contribution in [2.24, 2.45) is 19.9 Å².